The summed E-state index contributed by atoms with van der Waals surface area (Å²) in [6.07, 6.45) is 0.730. The Bertz CT molecular complexity index is 569. The van der Waals surface area contributed by atoms with E-state index in [0.717, 1.165) is 25.2 Å². The van der Waals surface area contributed by atoms with Crippen molar-refractivity contribution in [3.8, 4) is 0 Å². The molecular formula is C15H24N2O2S. The van der Waals surface area contributed by atoms with Gasteiger partial charge in [-0.05, 0) is 31.5 Å². The Labute approximate surface area is 122 Å². The van der Waals surface area contributed by atoms with Crippen LogP contribution in [0.25, 0.3) is 0 Å². The quantitative estimate of drug-likeness (QED) is 0.899. The molecule has 0 bridgehead atoms. The highest BCUT2D eigenvalue weighted by molar-refractivity contribution is 7.91. The number of hydrogen-bond donors (Lipinski definition) is 1. The molecule has 1 saturated heterocycles. The molecular weight excluding hydrogens is 272 g/mol. The number of nitrogens with one attached hydrogen (secondary N) is 1. The van der Waals surface area contributed by atoms with Crippen LogP contribution in [0.1, 0.15) is 24.5 Å². The fourth-order valence-corrected chi connectivity index (χ4v) is 4.51. The van der Waals surface area contributed by atoms with Crippen molar-refractivity contribution in [2.45, 2.75) is 32.9 Å². The van der Waals surface area contributed by atoms with Crippen LogP contribution in [0.2, 0.25) is 0 Å². The Morgan fingerprint density at radius 3 is 2.75 bits per heavy atom. The lowest BCUT2D eigenvalue weighted by atomic mass is 10.1. The summed E-state index contributed by atoms with van der Waals surface area (Å²) in [6, 6.07) is 6.47. The summed E-state index contributed by atoms with van der Waals surface area (Å²) in [5, 5.41) is 3.35. The van der Waals surface area contributed by atoms with Gasteiger partial charge in [-0.3, -0.25) is 0 Å². The van der Waals surface area contributed by atoms with Crippen molar-refractivity contribution < 1.29 is 8.42 Å². The maximum absolute atomic E-state index is 11.6. The van der Waals surface area contributed by atoms with Crippen LogP contribution in [0.15, 0.2) is 18.2 Å². The highest BCUT2D eigenvalue weighted by Gasteiger charge is 2.31. The summed E-state index contributed by atoms with van der Waals surface area (Å²) in [5.74, 6) is 0.592. The third-order valence-corrected chi connectivity index (χ3v) is 5.69. The first-order valence-corrected chi connectivity index (χ1v) is 8.98. The zero-order chi connectivity index (χ0) is 14.8. The fourth-order valence-electron chi connectivity index (χ4n) is 2.74. The van der Waals surface area contributed by atoms with Gasteiger partial charge in [-0.25, -0.2) is 8.42 Å². The summed E-state index contributed by atoms with van der Waals surface area (Å²) < 4.78 is 23.3. The molecule has 1 aliphatic heterocycles. The van der Waals surface area contributed by atoms with Crippen LogP contribution >= 0.6 is 0 Å². The lowest BCUT2D eigenvalue weighted by molar-refractivity contribution is 0.600. The molecule has 1 fully saturated rings. The van der Waals surface area contributed by atoms with Crippen LogP contribution < -0.4 is 10.2 Å². The summed E-state index contributed by atoms with van der Waals surface area (Å²) in [4.78, 5) is 2.14. The Hall–Kier alpha value is -1.07. The van der Waals surface area contributed by atoms with E-state index in [-0.39, 0.29) is 11.8 Å². The maximum Gasteiger partial charge on any atom is 0.152 e. The van der Waals surface area contributed by atoms with E-state index in [1.807, 2.05) is 7.05 Å². The Balaban J connectivity index is 2.22. The van der Waals surface area contributed by atoms with E-state index in [2.05, 4.69) is 42.3 Å². The van der Waals surface area contributed by atoms with Crippen molar-refractivity contribution >= 4 is 15.5 Å². The molecule has 20 heavy (non-hydrogen) atoms. The molecule has 1 unspecified atom stereocenters. The van der Waals surface area contributed by atoms with Crippen molar-refractivity contribution in [2.24, 2.45) is 0 Å². The zero-order valence-corrected chi connectivity index (χ0v) is 13.3. The predicted octanol–water partition coefficient (Wildman–Crippen LogP) is 1.73. The van der Waals surface area contributed by atoms with Gasteiger partial charge in [-0.1, -0.05) is 24.6 Å². The van der Waals surface area contributed by atoms with Crippen LogP contribution in [0, 0.1) is 6.92 Å². The van der Waals surface area contributed by atoms with Gasteiger partial charge in [0.2, 0.25) is 0 Å². The van der Waals surface area contributed by atoms with E-state index in [1.54, 1.807) is 0 Å². The molecule has 1 aromatic carbocycles. The van der Waals surface area contributed by atoms with Crippen molar-refractivity contribution in [3.05, 3.63) is 29.3 Å². The molecule has 0 saturated carbocycles. The number of nitrogens with zero attached hydrogens (tertiary/aromatic N) is 1. The predicted molar refractivity (Wildman–Crippen MR) is 84.0 cm³/mol. The van der Waals surface area contributed by atoms with Crippen LogP contribution in [0.5, 0.6) is 0 Å². The standard InChI is InChI=1S/C15H24N2O2S/c1-4-16-10-13-9-12(2)5-6-15(13)17(3)14-7-8-20(18,19)11-14/h5-6,9,14,16H,4,7-8,10-11H2,1-3H3. The van der Waals surface area contributed by atoms with Gasteiger partial charge >= 0.3 is 0 Å². The number of aryl methyl sites for hydroxylation is 1. The molecule has 0 aromatic heterocycles. The van der Waals surface area contributed by atoms with Gasteiger partial charge < -0.3 is 10.2 Å². The van der Waals surface area contributed by atoms with E-state index >= 15 is 0 Å². The molecule has 2 rings (SSSR count). The second kappa shape index (κ2) is 6.14. The van der Waals surface area contributed by atoms with Gasteiger partial charge in [-0.15, -0.1) is 0 Å². The highest BCUT2D eigenvalue weighted by Crippen LogP contribution is 2.27. The minimum Gasteiger partial charge on any atom is -0.370 e. The average Bonchev–Trinajstić information content (AvgIpc) is 2.76. The molecule has 1 aliphatic rings. The van der Waals surface area contributed by atoms with E-state index in [1.165, 1.54) is 11.1 Å². The largest absolute Gasteiger partial charge is 0.370 e. The molecule has 1 N–H and O–H groups in total. The van der Waals surface area contributed by atoms with Crippen molar-refractivity contribution in [2.75, 3.05) is 30.0 Å². The summed E-state index contributed by atoms with van der Waals surface area (Å²) in [6.45, 7) is 5.91. The van der Waals surface area contributed by atoms with Gasteiger partial charge in [0.25, 0.3) is 0 Å². The highest BCUT2D eigenvalue weighted by atomic mass is 32.2. The van der Waals surface area contributed by atoms with Gasteiger partial charge in [0.1, 0.15) is 0 Å². The van der Waals surface area contributed by atoms with Crippen LogP contribution in [-0.2, 0) is 16.4 Å². The molecule has 5 heteroatoms. The van der Waals surface area contributed by atoms with Crippen LogP contribution in [0.4, 0.5) is 5.69 Å². The lowest BCUT2D eigenvalue weighted by Gasteiger charge is -2.28. The van der Waals surface area contributed by atoms with Gasteiger partial charge in [0.15, 0.2) is 9.84 Å². The van der Waals surface area contributed by atoms with Crippen molar-refractivity contribution in [1.82, 2.24) is 5.32 Å². The Kier molecular flexibility index (Phi) is 4.70. The SMILES string of the molecule is CCNCc1cc(C)ccc1N(C)C1CCS(=O)(=O)C1. The maximum atomic E-state index is 11.6. The third-order valence-electron chi connectivity index (χ3n) is 3.94. The lowest BCUT2D eigenvalue weighted by Crippen LogP contribution is -2.33. The van der Waals surface area contributed by atoms with Gasteiger partial charge in [0, 0.05) is 25.3 Å². The minimum absolute atomic E-state index is 0.100. The first kappa shape index (κ1) is 15.3. The van der Waals surface area contributed by atoms with E-state index in [0.29, 0.717) is 5.75 Å². The summed E-state index contributed by atoms with van der Waals surface area (Å²) >= 11 is 0. The molecule has 1 atom stereocenters. The molecule has 1 heterocycles. The molecule has 4 nitrogen and oxygen atoms in total. The van der Waals surface area contributed by atoms with Crippen molar-refractivity contribution in [3.63, 3.8) is 0 Å². The van der Waals surface area contributed by atoms with Gasteiger partial charge in [-0.2, -0.15) is 0 Å². The van der Waals surface area contributed by atoms with E-state index < -0.39 is 9.84 Å². The second-order valence-corrected chi connectivity index (χ2v) is 7.81. The number of benzene rings is 1. The number of anilines is 1. The van der Waals surface area contributed by atoms with Crippen LogP contribution in [0.3, 0.4) is 0 Å². The topological polar surface area (TPSA) is 49.4 Å². The monoisotopic (exact) mass is 296 g/mol. The summed E-state index contributed by atoms with van der Waals surface area (Å²) in [5.41, 5.74) is 3.60. The second-order valence-electron chi connectivity index (χ2n) is 5.58. The molecule has 0 radical (unpaired) electrons. The minimum atomic E-state index is -2.84. The molecule has 0 amide bonds. The Morgan fingerprint density at radius 2 is 2.15 bits per heavy atom. The molecule has 0 spiro atoms. The first-order chi connectivity index (χ1) is 9.43. The van der Waals surface area contributed by atoms with E-state index in [4.69, 9.17) is 0 Å². The molecule has 0 aliphatic carbocycles. The number of sulfone groups is 1. The first-order valence-electron chi connectivity index (χ1n) is 7.16. The normalized spacial score (nSPS) is 21.1. The Morgan fingerprint density at radius 1 is 1.40 bits per heavy atom. The number of hydrogen-bond acceptors (Lipinski definition) is 4. The number of rotatable bonds is 5. The smallest absolute Gasteiger partial charge is 0.152 e. The van der Waals surface area contributed by atoms with E-state index in [9.17, 15) is 8.42 Å². The van der Waals surface area contributed by atoms with Gasteiger partial charge in [0.05, 0.1) is 11.5 Å². The van der Waals surface area contributed by atoms with Crippen LogP contribution in [-0.4, -0.2) is 39.6 Å². The average molecular weight is 296 g/mol. The molecule has 112 valence electrons. The fraction of sp³-hybridized carbons (Fsp3) is 0.600. The van der Waals surface area contributed by atoms with Crippen molar-refractivity contribution in [1.29, 1.82) is 0 Å². The zero-order valence-electron chi connectivity index (χ0n) is 12.5. The molecule has 1 aromatic rings. The summed E-state index contributed by atoms with van der Waals surface area (Å²) in [7, 11) is -0.838. The third kappa shape index (κ3) is 3.52.